The minimum atomic E-state index is 0.107. The molecule has 0 bridgehead atoms. The van der Waals surface area contributed by atoms with E-state index < -0.39 is 0 Å². The average molecular weight is 389 g/mol. The Labute approximate surface area is 127 Å². The van der Waals surface area contributed by atoms with Crippen LogP contribution >= 0.6 is 43.2 Å². The van der Waals surface area contributed by atoms with Crippen molar-refractivity contribution in [3.8, 4) is 0 Å². The minimum absolute atomic E-state index is 0.107. The van der Waals surface area contributed by atoms with Gasteiger partial charge in [0.1, 0.15) is 0 Å². The topological polar surface area (TPSA) is 20.3 Å². The van der Waals surface area contributed by atoms with Crippen molar-refractivity contribution in [2.24, 2.45) is 0 Å². The van der Waals surface area contributed by atoms with E-state index in [-0.39, 0.29) is 5.78 Å². The summed E-state index contributed by atoms with van der Waals surface area (Å²) in [4.78, 5) is 14.1. The summed E-state index contributed by atoms with van der Waals surface area (Å²) in [5.74, 6) is 0.107. The Morgan fingerprint density at radius 3 is 2.50 bits per heavy atom. The van der Waals surface area contributed by atoms with Crippen molar-refractivity contribution >= 4 is 54.7 Å². The number of carbonyl (C=O) groups is 1. The number of hydrogen-bond acceptors (Lipinski definition) is 3. The van der Waals surface area contributed by atoms with Crippen LogP contribution in [0, 0.1) is 0 Å². The quantitative estimate of drug-likeness (QED) is 0.713. The van der Waals surface area contributed by atoms with Crippen LogP contribution in [0.3, 0.4) is 0 Å². The van der Waals surface area contributed by atoms with E-state index in [9.17, 15) is 4.79 Å². The van der Waals surface area contributed by atoms with Crippen LogP contribution in [0.25, 0.3) is 0 Å². The molecular formula is C13H11Br2NOS. The molecule has 0 saturated carbocycles. The van der Waals surface area contributed by atoms with Gasteiger partial charge < -0.3 is 4.90 Å². The lowest BCUT2D eigenvalue weighted by Gasteiger charge is -2.17. The zero-order valence-electron chi connectivity index (χ0n) is 9.69. The molecule has 1 aromatic carbocycles. The van der Waals surface area contributed by atoms with E-state index >= 15 is 0 Å². The summed E-state index contributed by atoms with van der Waals surface area (Å²) in [6.45, 7) is 0.367. The van der Waals surface area contributed by atoms with Gasteiger partial charge in [-0.05, 0) is 50.1 Å². The molecule has 0 radical (unpaired) electrons. The smallest absolute Gasteiger partial charge is 0.184 e. The Bertz CT molecular complexity index is 553. The molecule has 1 aromatic heterocycles. The fourth-order valence-corrected chi connectivity index (χ4v) is 4.46. The lowest BCUT2D eigenvalue weighted by Crippen LogP contribution is -2.25. The first-order valence-electron chi connectivity index (χ1n) is 5.32. The third-order valence-electron chi connectivity index (χ3n) is 2.53. The van der Waals surface area contributed by atoms with Gasteiger partial charge in [-0.3, -0.25) is 4.79 Å². The molecule has 1 heterocycles. The first kappa shape index (κ1) is 13.8. The highest BCUT2D eigenvalue weighted by Gasteiger charge is 2.15. The third-order valence-corrected chi connectivity index (χ3v) is 4.87. The predicted octanol–water partition coefficient (Wildman–Crippen LogP) is 4.59. The fourth-order valence-electron chi connectivity index (χ4n) is 1.60. The van der Waals surface area contributed by atoms with E-state index in [1.807, 2.05) is 48.3 Å². The lowest BCUT2D eigenvalue weighted by atomic mass is 10.2. The number of thiophene rings is 1. The highest BCUT2D eigenvalue weighted by Crippen LogP contribution is 2.32. The van der Waals surface area contributed by atoms with Gasteiger partial charge in [0, 0.05) is 18.3 Å². The molecule has 0 spiro atoms. The van der Waals surface area contributed by atoms with Crippen molar-refractivity contribution in [2.45, 2.75) is 0 Å². The number of benzene rings is 1. The van der Waals surface area contributed by atoms with Crippen LogP contribution < -0.4 is 4.90 Å². The van der Waals surface area contributed by atoms with Crippen molar-refractivity contribution in [3.63, 3.8) is 0 Å². The highest BCUT2D eigenvalue weighted by molar-refractivity contribution is 9.12. The van der Waals surface area contributed by atoms with Crippen molar-refractivity contribution < 1.29 is 4.79 Å². The molecule has 0 aliphatic carbocycles. The molecule has 0 atom stereocenters. The van der Waals surface area contributed by atoms with Crippen molar-refractivity contribution in [2.75, 3.05) is 18.5 Å². The van der Waals surface area contributed by atoms with Crippen molar-refractivity contribution in [3.05, 3.63) is 49.5 Å². The van der Waals surface area contributed by atoms with Gasteiger partial charge in [0.15, 0.2) is 5.78 Å². The Balaban J connectivity index is 2.10. The monoisotopic (exact) mass is 387 g/mol. The van der Waals surface area contributed by atoms with Crippen LogP contribution in [-0.2, 0) is 0 Å². The molecule has 2 aromatic rings. The normalized spacial score (nSPS) is 10.4. The van der Waals surface area contributed by atoms with Gasteiger partial charge in [-0.2, -0.15) is 0 Å². The van der Waals surface area contributed by atoms with Gasteiger partial charge in [-0.15, -0.1) is 11.3 Å². The van der Waals surface area contributed by atoms with Crippen molar-refractivity contribution in [1.29, 1.82) is 0 Å². The fraction of sp³-hybridized carbons (Fsp3) is 0.154. The van der Waals surface area contributed by atoms with Gasteiger partial charge in [-0.1, -0.05) is 18.2 Å². The summed E-state index contributed by atoms with van der Waals surface area (Å²) < 4.78 is 1.83. The molecule has 0 aliphatic heterocycles. The van der Waals surface area contributed by atoms with Crippen LogP contribution in [0.2, 0.25) is 0 Å². The summed E-state index contributed by atoms with van der Waals surface area (Å²) in [7, 11) is 1.92. The Kier molecular flexibility index (Phi) is 4.59. The standard InChI is InChI=1S/C13H11Br2NOS/c1-16(9-5-3-2-4-6-9)8-11(17)10-7-12(14)18-13(10)15/h2-7H,8H2,1H3. The summed E-state index contributed by atoms with van der Waals surface area (Å²) in [5.41, 5.74) is 1.77. The van der Waals surface area contributed by atoms with E-state index in [2.05, 4.69) is 31.9 Å². The van der Waals surface area contributed by atoms with Gasteiger partial charge in [-0.25, -0.2) is 0 Å². The SMILES string of the molecule is CN(CC(=O)c1cc(Br)sc1Br)c1ccccc1. The van der Waals surface area contributed by atoms with E-state index in [0.29, 0.717) is 6.54 Å². The number of nitrogens with zero attached hydrogens (tertiary/aromatic N) is 1. The predicted molar refractivity (Wildman–Crippen MR) is 83.8 cm³/mol. The molecule has 0 amide bonds. The zero-order chi connectivity index (χ0) is 13.1. The largest absolute Gasteiger partial charge is 0.367 e. The maximum Gasteiger partial charge on any atom is 0.184 e. The number of anilines is 1. The Hall–Kier alpha value is -0.650. The number of para-hydroxylation sites is 1. The number of Topliss-reactive ketones (excluding diaryl/α,β-unsaturated/α-hetero) is 1. The minimum Gasteiger partial charge on any atom is -0.367 e. The van der Waals surface area contributed by atoms with Crippen LogP contribution in [0.4, 0.5) is 5.69 Å². The van der Waals surface area contributed by atoms with Crippen LogP contribution in [-0.4, -0.2) is 19.4 Å². The number of hydrogen-bond donors (Lipinski definition) is 0. The number of likely N-dealkylation sites (N-methyl/N-ethyl adjacent to an activating group) is 1. The molecule has 5 heteroatoms. The lowest BCUT2D eigenvalue weighted by molar-refractivity contribution is 0.1000. The first-order valence-corrected chi connectivity index (χ1v) is 7.72. The molecule has 0 unspecified atom stereocenters. The average Bonchev–Trinajstić information content (AvgIpc) is 2.69. The molecule has 0 saturated heterocycles. The summed E-state index contributed by atoms with van der Waals surface area (Å²) in [6.07, 6.45) is 0. The number of rotatable bonds is 4. The second kappa shape index (κ2) is 5.99. The van der Waals surface area contributed by atoms with E-state index in [1.165, 1.54) is 11.3 Å². The molecule has 2 rings (SSSR count). The molecule has 0 aliphatic rings. The third kappa shape index (κ3) is 3.22. The van der Waals surface area contributed by atoms with Gasteiger partial charge >= 0.3 is 0 Å². The second-order valence-electron chi connectivity index (χ2n) is 3.85. The zero-order valence-corrected chi connectivity index (χ0v) is 13.7. The van der Waals surface area contributed by atoms with E-state index in [1.54, 1.807) is 0 Å². The van der Waals surface area contributed by atoms with Crippen molar-refractivity contribution in [1.82, 2.24) is 0 Å². The highest BCUT2D eigenvalue weighted by atomic mass is 79.9. The van der Waals surface area contributed by atoms with Crippen LogP contribution in [0.5, 0.6) is 0 Å². The van der Waals surface area contributed by atoms with Gasteiger partial charge in [0.2, 0.25) is 0 Å². The molecular weight excluding hydrogens is 378 g/mol. The molecule has 0 N–H and O–H groups in total. The number of halogens is 2. The Morgan fingerprint density at radius 1 is 1.28 bits per heavy atom. The second-order valence-corrected chi connectivity index (χ2v) is 7.60. The maximum absolute atomic E-state index is 12.2. The first-order chi connectivity index (χ1) is 8.58. The summed E-state index contributed by atoms with van der Waals surface area (Å²) in [6, 6.07) is 11.7. The summed E-state index contributed by atoms with van der Waals surface area (Å²) in [5, 5.41) is 0. The van der Waals surface area contributed by atoms with E-state index in [0.717, 1.165) is 18.8 Å². The van der Waals surface area contributed by atoms with Crippen LogP contribution in [0.1, 0.15) is 10.4 Å². The molecule has 0 fully saturated rings. The van der Waals surface area contributed by atoms with Gasteiger partial charge in [0.25, 0.3) is 0 Å². The van der Waals surface area contributed by atoms with Crippen LogP contribution in [0.15, 0.2) is 44.0 Å². The maximum atomic E-state index is 12.2. The molecule has 2 nitrogen and oxygen atoms in total. The van der Waals surface area contributed by atoms with E-state index in [4.69, 9.17) is 0 Å². The number of carbonyl (C=O) groups excluding carboxylic acids is 1. The Morgan fingerprint density at radius 2 is 1.94 bits per heavy atom. The molecule has 94 valence electrons. The molecule has 18 heavy (non-hydrogen) atoms. The number of ketones is 1. The summed E-state index contributed by atoms with van der Waals surface area (Å²) >= 11 is 8.31. The van der Waals surface area contributed by atoms with Gasteiger partial charge in [0.05, 0.1) is 14.1 Å².